The predicted octanol–water partition coefficient (Wildman–Crippen LogP) is 1.46. The number of allylic oxidation sites excluding steroid dienone is 1. The molecule has 4 aliphatic carbocycles. The first-order chi connectivity index (χ1) is 19.7. The van der Waals surface area contributed by atoms with E-state index < -0.39 is 53.4 Å². The van der Waals surface area contributed by atoms with Gasteiger partial charge in [0, 0.05) is 43.6 Å². The zero-order valence-electron chi connectivity index (χ0n) is 24.6. The number of aliphatic hydroxyl groups excluding tert-OH is 1. The summed E-state index contributed by atoms with van der Waals surface area (Å²) in [7, 11) is 1.19. The van der Waals surface area contributed by atoms with Crippen LogP contribution in [0.4, 0.5) is 0 Å². The number of rotatable bonds is 7. The average Bonchev–Trinajstić information content (AvgIpc) is 3.47. The molecule has 2 N–H and O–H groups in total. The number of fused-ring (bicyclic) bond motifs is 5. The number of amides is 1. The van der Waals surface area contributed by atoms with Gasteiger partial charge in [0.15, 0.2) is 12.4 Å². The van der Waals surface area contributed by atoms with Crippen molar-refractivity contribution in [3.05, 3.63) is 11.6 Å². The zero-order chi connectivity index (χ0) is 30.6. The van der Waals surface area contributed by atoms with E-state index in [2.05, 4.69) is 6.92 Å². The summed E-state index contributed by atoms with van der Waals surface area (Å²) in [5, 5.41) is 21.7. The summed E-state index contributed by atoms with van der Waals surface area (Å²) < 4.78 is 9.87. The van der Waals surface area contributed by atoms with Gasteiger partial charge in [0.2, 0.25) is 11.7 Å². The monoisotopic (exact) mass is 587 g/mol. The van der Waals surface area contributed by atoms with E-state index in [0.717, 1.165) is 18.4 Å². The van der Waals surface area contributed by atoms with Gasteiger partial charge in [-0.25, -0.2) is 4.79 Å². The Hall–Kier alpha value is -2.92. The molecule has 3 saturated carbocycles. The molecule has 1 heterocycles. The lowest BCUT2D eigenvalue weighted by Crippen LogP contribution is -2.61. The van der Waals surface area contributed by atoms with Gasteiger partial charge in [-0.15, -0.1) is 0 Å². The maximum absolute atomic E-state index is 13.8. The number of Topliss-reactive ketones (excluding diaryl/α,β-unsaturated/α-hetero) is 2. The lowest BCUT2D eigenvalue weighted by Gasteiger charge is -2.57. The maximum Gasteiger partial charge on any atom is 0.328 e. The highest BCUT2D eigenvalue weighted by molar-refractivity contribution is 5.95. The molecule has 1 amide bonds. The maximum atomic E-state index is 13.8. The predicted molar refractivity (Wildman–Crippen MR) is 145 cm³/mol. The van der Waals surface area contributed by atoms with E-state index in [4.69, 9.17) is 9.47 Å². The van der Waals surface area contributed by atoms with Gasteiger partial charge in [-0.05, 0) is 55.4 Å². The summed E-state index contributed by atoms with van der Waals surface area (Å²) in [6.07, 6.45) is 3.58. The summed E-state index contributed by atoms with van der Waals surface area (Å²) in [6, 6.07) is -0.923. The van der Waals surface area contributed by atoms with E-state index >= 15 is 0 Å². The van der Waals surface area contributed by atoms with E-state index in [1.165, 1.54) is 12.0 Å². The number of likely N-dealkylation sites (tertiary alicyclic amines) is 1. The molecule has 8 atom stereocenters. The average molecular weight is 588 g/mol. The van der Waals surface area contributed by atoms with Crippen LogP contribution in [0, 0.1) is 28.6 Å². The van der Waals surface area contributed by atoms with Gasteiger partial charge in [-0.2, -0.15) is 0 Å². The minimum Gasteiger partial charge on any atom is -0.467 e. The molecule has 0 aromatic rings. The Bertz CT molecular complexity index is 1240. The molecule has 0 radical (unpaired) electrons. The Morgan fingerprint density at radius 2 is 1.81 bits per heavy atom. The van der Waals surface area contributed by atoms with Crippen LogP contribution in [-0.4, -0.2) is 88.3 Å². The second kappa shape index (κ2) is 11.0. The van der Waals surface area contributed by atoms with Crippen LogP contribution in [0.2, 0.25) is 0 Å². The molecule has 11 heteroatoms. The highest BCUT2D eigenvalue weighted by Gasteiger charge is 2.68. The Morgan fingerprint density at radius 3 is 2.52 bits per heavy atom. The van der Waals surface area contributed by atoms with Crippen molar-refractivity contribution in [3.63, 3.8) is 0 Å². The van der Waals surface area contributed by atoms with Gasteiger partial charge in [-0.1, -0.05) is 19.4 Å². The van der Waals surface area contributed by atoms with Crippen LogP contribution in [0.1, 0.15) is 78.1 Å². The number of hydrogen-bond donors (Lipinski definition) is 2. The van der Waals surface area contributed by atoms with Crippen molar-refractivity contribution in [1.82, 2.24) is 4.90 Å². The third-order valence-corrected chi connectivity index (χ3v) is 11.2. The second-order valence-corrected chi connectivity index (χ2v) is 13.4. The third kappa shape index (κ3) is 4.82. The van der Waals surface area contributed by atoms with Crippen LogP contribution in [0.25, 0.3) is 0 Å². The number of methoxy groups -OCH3 is 1. The quantitative estimate of drug-likeness (QED) is 0.417. The number of carbonyl (C=O) groups is 6. The topological polar surface area (TPSA) is 165 Å². The molecule has 0 aromatic heterocycles. The second-order valence-electron chi connectivity index (χ2n) is 13.4. The van der Waals surface area contributed by atoms with Crippen LogP contribution in [0.5, 0.6) is 0 Å². The van der Waals surface area contributed by atoms with Crippen LogP contribution < -0.4 is 0 Å². The van der Waals surface area contributed by atoms with Gasteiger partial charge in [0.05, 0.1) is 19.6 Å². The molecule has 0 unspecified atom stereocenters. The number of esters is 2. The van der Waals surface area contributed by atoms with E-state index in [1.54, 1.807) is 13.0 Å². The van der Waals surface area contributed by atoms with Gasteiger partial charge >= 0.3 is 11.9 Å². The van der Waals surface area contributed by atoms with Crippen molar-refractivity contribution in [2.24, 2.45) is 28.6 Å². The molecule has 11 nitrogen and oxygen atoms in total. The Balaban J connectivity index is 1.20. The van der Waals surface area contributed by atoms with Crippen molar-refractivity contribution < 1.29 is 48.5 Å². The molecule has 5 aliphatic rings. The zero-order valence-corrected chi connectivity index (χ0v) is 24.6. The summed E-state index contributed by atoms with van der Waals surface area (Å²) in [5.41, 5.74) is -2.15. The highest BCUT2D eigenvalue weighted by Crippen LogP contribution is 2.66. The van der Waals surface area contributed by atoms with Crippen LogP contribution in [0.15, 0.2) is 11.6 Å². The summed E-state index contributed by atoms with van der Waals surface area (Å²) >= 11 is 0. The first-order valence-corrected chi connectivity index (χ1v) is 15.0. The minimum atomic E-state index is -1.83. The molecule has 0 aromatic carbocycles. The van der Waals surface area contributed by atoms with Crippen molar-refractivity contribution in [2.45, 2.75) is 95.8 Å². The molecule has 42 heavy (non-hydrogen) atoms. The minimum absolute atomic E-state index is 0.0000822. The molecule has 1 saturated heterocycles. The summed E-state index contributed by atoms with van der Waals surface area (Å²) in [6.45, 7) is 3.17. The number of carbonyl (C=O) groups excluding carboxylic acids is 6. The molecular weight excluding hydrogens is 546 g/mol. The van der Waals surface area contributed by atoms with Crippen LogP contribution in [0.3, 0.4) is 0 Å². The fourth-order valence-corrected chi connectivity index (χ4v) is 8.98. The first-order valence-electron chi connectivity index (χ1n) is 15.0. The van der Waals surface area contributed by atoms with Crippen LogP contribution in [-0.2, 0) is 38.2 Å². The summed E-state index contributed by atoms with van der Waals surface area (Å²) in [4.78, 5) is 77.5. The van der Waals surface area contributed by atoms with E-state index in [0.29, 0.717) is 19.3 Å². The SMILES string of the molecule is COC(=O)[C@@H]1C[C@H](O)CN1C(=O)CCC(=O)OCC(=O)[C@@]1(O)CC[C@@H]2[C@@H]3CCC4=CC(=O)CC[C@]4(C)[C@H]3C(=O)C[C@@]21C. The smallest absolute Gasteiger partial charge is 0.328 e. The molecule has 230 valence electrons. The lowest BCUT2D eigenvalue weighted by molar-refractivity contribution is -0.174. The highest BCUT2D eigenvalue weighted by atomic mass is 16.5. The Labute approximate surface area is 245 Å². The normalized spacial score (nSPS) is 39.1. The fraction of sp³-hybridized carbons (Fsp3) is 0.742. The van der Waals surface area contributed by atoms with Crippen molar-refractivity contribution in [1.29, 1.82) is 0 Å². The molecule has 1 aliphatic heterocycles. The first kappa shape index (κ1) is 30.5. The number of hydrogen-bond acceptors (Lipinski definition) is 10. The molecule has 0 bridgehead atoms. The van der Waals surface area contributed by atoms with Crippen molar-refractivity contribution in [2.75, 3.05) is 20.3 Å². The lowest BCUT2D eigenvalue weighted by atomic mass is 9.46. The van der Waals surface area contributed by atoms with Gasteiger partial charge < -0.3 is 24.6 Å². The number of nitrogens with zero attached hydrogens (tertiary/aromatic N) is 1. The fourth-order valence-electron chi connectivity index (χ4n) is 8.98. The number of aliphatic hydroxyl groups is 2. The standard InChI is InChI=1S/C31H41NO10/c1-29-10-8-18(33)12-17(29)4-5-20-21-9-11-31(40,30(21,2)14-23(35)27(20)29)24(36)16-42-26(38)7-6-25(37)32-15-19(34)13-22(32)28(39)41-3/h12,19-22,27,34,40H,4-11,13-16H2,1-3H3/t19-,20-,21+,22-,27+,29-,30-,31-/m0/s1. The number of ketones is 3. The summed E-state index contributed by atoms with van der Waals surface area (Å²) in [5.74, 6) is -2.81. The van der Waals surface area contributed by atoms with Crippen molar-refractivity contribution >= 4 is 35.2 Å². The van der Waals surface area contributed by atoms with Gasteiger partial charge in [0.25, 0.3) is 0 Å². The molecule has 5 rings (SSSR count). The van der Waals surface area contributed by atoms with Crippen molar-refractivity contribution in [3.8, 4) is 0 Å². The molecular formula is C31H41NO10. The number of β-amino-alcohol motifs (C(OH)–C–C–N with tert-alkyl or cyclic N) is 1. The Morgan fingerprint density at radius 1 is 1.07 bits per heavy atom. The van der Waals surface area contributed by atoms with E-state index in [9.17, 15) is 39.0 Å². The van der Waals surface area contributed by atoms with Crippen LogP contribution >= 0.6 is 0 Å². The molecule has 0 spiro atoms. The largest absolute Gasteiger partial charge is 0.467 e. The molecule has 4 fully saturated rings. The van der Waals surface area contributed by atoms with E-state index in [-0.39, 0.29) is 73.4 Å². The number of ether oxygens (including phenoxy) is 2. The van der Waals surface area contributed by atoms with E-state index in [1.807, 2.05) is 0 Å². The van der Waals surface area contributed by atoms with Gasteiger partial charge in [-0.3, -0.25) is 24.0 Å². The Kier molecular flexibility index (Phi) is 7.98. The van der Waals surface area contributed by atoms with Gasteiger partial charge in [0.1, 0.15) is 17.4 Å². The third-order valence-electron chi connectivity index (χ3n) is 11.2.